The fraction of sp³-hybridized carbons (Fsp3) is 0.200. The van der Waals surface area contributed by atoms with E-state index in [-0.39, 0.29) is 0 Å². The highest BCUT2D eigenvalue weighted by Crippen LogP contribution is 2.23. The lowest BCUT2D eigenvalue weighted by Gasteiger charge is -2.12. The number of aliphatic hydroxyl groups excluding tert-OH is 1. The normalized spacial score (nSPS) is 12.4. The molecule has 0 heterocycles. The minimum absolute atomic E-state index is 0.485. The molecule has 0 fully saturated rings. The molecular weight excluding hydrogens is 359 g/mol. The average molecular weight is 373 g/mol. The first-order valence-corrected chi connectivity index (χ1v) is 7.20. The minimum atomic E-state index is -0.485. The fourth-order valence-electron chi connectivity index (χ4n) is 1.84. The Balaban J connectivity index is 2.13. The molecule has 0 aliphatic rings. The zero-order valence-corrected chi connectivity index (χ0v) is 12.9. The summed E-state index contributed by atoms with van der Waals surface area (Å²) in [5, 5.41) is 10.9. The highest BCUT2D eigenvalue weighted by molar-refractivity contribution is 14.1. The van der Waals surface area contributed by atoms with Crippen LogP contribution in [-0.4, -0.2) is 5.11 Å². The van der Waals surface area contributed by atoms with Gasteiger partial charge in [0.05, 0.1) is 6.10 Å². The van der Waals surface area contributed by atoms with Crippen molar-refractivity contribution in [3.05, 3.63) is 67.7 Å². The Morgan fingerprint density at radius 3 is 2.44 bits per heavy atom. The number of hydrogen-bond acceptors (Lipinski definition) is 1. The second kappa shape index (κ2) is 6.04. The second-order valence-corrected chi connectivity index (χ2v) is 6.01. The van der Waals surface area contributed by atoms with Crippen LogP contribution in [0.5, 0.6) is 0 Å². The first-order valence-electron chi connectivity index (χ1n) is 5.75. The van der Waals surface area contributed by atoms with Gasteiger partial charge in [0.15, 0.2) is 0 Å². The monoisotopic (exact) mass is 372 g/mol. The summed E-state index contributed by atoms with van der Waals surface area (Å²) in [6.07, 6.45) is 0.138. The van der Waals surface area contributed by atoms with Crippen LogP contribution in [0.4, 0.5) is 0 Å². The lowest BCUT2D eigenvalue weighted by atomic mass is 10.0. The summed E-state index contributed by atoms with van der Waals surface area (Å²) in [7, 11) is 0. The van der Waals surface area contributed by atoms with E-state index in [1.54, 1.807) is 0 Å². The van der Waals surface area contributed by atoms with Crippen LogP contribution in [0.3, 0.4) is 0 Å². The van der Waals surface area contributed by atoms with Crippen LogP contribution in [-0.2, 0) is 6.42 Å². The first kappa shape index (κ1) is 13.8. The quantitative estimate of drug-likeness (QED) is 0.785. The fourth-order valence-corrected chi connectivity index (χ4v) is 2.31. The van der Waals surface area contributed by atoms with Crippen molar-refractivity contribution in [2.75, 3.05) is 0 Å². The Labute approximate surface area is 126 Å². The van der Waals surface area contributed by atoms with E-state index >= 15 is 0 Å². The summed E-state index contributed by atoms with van der Waals surface area (Å²) in [6, 6.07) is 13.9. The van der Waals surface area contributed by atoms with E-state index in [9.17, 15) is 5.11 Å². The van der Waals surface area contributed by atoms with E-state index in [0.29, 0.717) is 6.42 Å². The third-order valence-corrected chi connectivity index (χ3v) is 4.05. The Morgan fingerprint density at radius 1 is 1.17 bits per heavy atom. The van der Waals surface area contributed by atoms with Crippen molar-refractivity contribution in [2.24, 2.45) is 0 Å². The Kier molecular flexibility index (Phi) is 4.65. The SMILES string of the molecule is Cc1cc(C(O)Cc2ccc(I)cc2)ccc1Cl. The first-order chi connectivity index (χ1) is 8.56. The van der Waals surface area contributed by atoms with Crippen molar-refractivity contribution < 1.29 is 5.11 Å². The highest BCUT2D eigenvalue weighted by Gasteiger charge is 2.09. The lowest BCUT2D eigenvalue weighted by molar-refractivity contribution is 0.178. The van der Waals surface area contributed by atoms with E-state index in [2.05, 4.69) is 34.7 Å². The maximum atomic E-state index is 10.2. The number of benzene rings is 2. The van der Waals surface area contributed by atoms with Gasteiger partial charge in [0.25, 0.3) is 0 Å². The molecule has 1 nitrogen and oxygen atoms in total. The predicted molar refractivity (Wildman–Crippen MR) is 84.0 cm³/mol. The van der Waals surface area contributed by atoms with Gasteiger partial charge in [0.1, 0.15) is 0 Å². The number of aryl methyl sites for hydroxylation is 1. The van der Waals surface area contributed by atoms with Gasteiger partial charge in [-0.2, -0.15) is 0 Å². The van der Waals surface area contributed by atoms with Gasteiger partial charge < -0.3 is 5.11 Å². The van der Waals surface area contributed by atoms with Gasteiger partial charge in [-0.15, -0.1) is 0 Å². The molecule has 0 bridgehead atoms. The topological polar surface area (TPSA) is 20.2 Å². The van der Waals surface area contributed by atoms with Crippen molar-refractivity contribution in [1.29, 1.82) is 0 Å². The molecule has 2 aromatic rings. The van der Waals surface area contributed by atoms with Gasteiger partial charge in [-0.05, 0) is 64.4 Å². The molecule has 1 N–H and O–H groups in total. The predicted octanol–water partition coefficient (Wildman–Crippen LogP) is 4.53. The number of halogens is 2. The second-order valence-electron chi connectivity index (χ2n) is 4.36. The van der Waals surface area contributed by atoms with Crippen LogP contribution >= 0.6 is 34.2 Å². The summed E-state index contributed by atoms with van der Waals surface area (Å²) in [5.41, 5.74) is 3.04. The van der Waals surface area contributed by atoms with E-state index in [4.69, 9.17) is 11.6 Å². The van der Waals surface area contributed by atoms with Gasteiger partial charge >= 0.3 is 0 Å². The molecule has 0 saturated carbocycles. The Hall–Kier alpha value is -0.580. The van der Waals surface area contributed by atoms with Crippen molar-refractivity contribution in [3.63, 3.8) is 0 Å². The van der Waals surface area contributed by atoms with E-state index < -0.39 is 6.10 Å². The van der Waals surface area contributed by atoms with Crippen LogP contribution < -0.4 is 0 Å². The van der Waals surface area contributed by atoms with Crippen LogP contribution in [0.2, 0.25) is 5.02 Å². The lowest BCUT2D eigenvalue weighted by Crippen LogP contribution is -2.02. The third-order valence-electron chi connectivity index (χ3n) is 2.91. The maximum absolute atomic E-state index is 10.2. The molecule has 2 aromatic carbocycles. The highest BCUT2D eigenvalue weighted by atomic mass is 127. The van der Waals surface area contributed by atoms with Crippen LogP contribution in [0.15, 0.2) is 42.5 Å². The minimum Gasteiger partial charge on any atom is -0.388 e. The molecule has 1 atom stereocenters. The smallest absolute Gasteiger partial charge is 0.0830 e. The van der Waals surface area contributed by atoms with Gasteiger partial charge in [-0.3, -0.25) is 0 Å². The standard InChI is InChI=1S/C15H14ClIO/c1-10-8-12(4-7-14(10)16)15(18)9-11-2-5-13(17)6-3-11/h2-8,15,18H,9H2,1H3. The zero-order chi connectivity index (χ0) is 13.1. The van der Waals surface area contributed by atoms with Gasteiger partial charge in [-0.1, -0.05) is 35.9 Å². The third kappa shape index (κ3) is 3.46. The van der Waals surface area contributed by atoms with Crippen LogP contribution in [0.25, 0.3) is 0 Å². The molecule has 94 valence electrons. The molecule has 0 saturated heterocycles. The molecule has 2 rings (SSSR count). The van der Waals surface area contributed by atoms with Crippen LogP contribution in [0, 0.1) is 10.5 Å². The largest absolute Gasteiger partial charge is 0.388 e. The molecule has 1 unspecified atom stereocenters. The van der Waals surface area contributed by atoms with E-state index in [0.717, 1.165) is 21.7 Å². The van der Waals surface area contributed by atoms with E-state index in [1.807, 2.05) is 37.3 Å². The summed E-state index contributed by atoms with van der Waals surface area (Å²) < 4.78 is 1.20. The molecular formula is C15H14ClIO. The molecule has 0 radical (unpaired) electrons. The van der Waals surface area contributed by atoms with Gasteiger partial charge in [0, 0.05) is 15.0 Å². The van der Waals surface area contributed by atoms with Crippen molar-refractivity contribution in [2.45, 2.75) is 19.4 Å². The van der Waals surface area contributed by atoms with Crippen molar-refractivity contribution in [3.8, 4) is 0 Å². The summed E-state index contributed by atoms with van der Waals surface area (Å²) in [4.78, 5) is 0. The number of rotatable bonds is 3. The zero-order valence-electron chi connectivity index (χ0n) is 10.0. The van der Waals surface area contributed by atoms with Crippen LogP contribution in [0.1, 0.15) is 22.8 Å². The number of aliphatic hydroxyl groups is 1. The summed E-state index contributed by atoms with van der Waals surface area (Å²) >= 11 is 8.25. The molecule has 0 aliphatic heterocycles. The molecule has 3 heteroatoms. The molecule has 0 amide bonds. The van der Waals surface area contributed by atoms with E-state index in [1.165, 1.54) is 3.57 Å². The summed E-state index contributed by atoms with van der Waals surface area (Å²) in [5.74, 6) is 0. The molecule has 0 aromatic heterocycles. The number of hydrogen-bond donors (Lipinski definition) is 1. The Bertz CT molecular complexity index is 537. The summed E-state index contributed by atoms with van der Waals surface area (Å²) in [6.45, 7) is 1.95. The maximum Gasteiger partial charge on any atom is 0.0830 e. The van der Waals surface area contributed by atoms with Gasteiger partial charge in [0.2, 0.25) is 0 Å². The average Bonchev–Trinajstić information content (AvgIpc) is 2.35. The molecule has 0 spiro atoms. The molecule has 0 aliphatic carbocycles. The Morgan fingerprint density at radius 2 is 1.83 bits per heavy atom. The van der Waals surface area contributed by atoms with Crippen molar-refractivity contribution >= 4 is 34.2 Å². The van der Waals surface area contributed by atoms with Crippen molar-refractivity contribution in [1.82, 2.24) is 0 Å². The van der Waals surface area contributed by atoms with Gasteiger partial charge in [-0.25, -0.2) is 0 Å². The molecule has 18 heavy (non-hydrogen) atoms.